The number of aryl methyl sites for hydroxylation is 1. The van der Waals surface area contributed by atoms with Crippen molar-refractivity contribution < 1.29 is 22.3 Å². The Bertz CT molecular complexity index is 1570. The topological polar surface area (TPSA) is 77.8 Å². The van der Waals surface area contributed by atoms with Crippen molar-refractivity contribution in [2.75, 3.05) is 11.9 Å². The van der Waals surface area contributed by atoms with Gasteiger partial charge in [0.1, 0.15) is 23.1 Å². The Balaban J connectivity index is 1.34. The van der Waals surface area contributed by atoms with Gasteiger partial charge in [-0.3, -0.25) is 0 Å². The number of halogens is 4. The first-order chi connectivity index (χ1) is 18.2. The van der Waals surface area contributed by atoms with Gasteiger partial charge in [-0.15, -0.1) is 13.2 Å². The van der Waals surface area contributed by atoms with E-state index in [-0.39, 0.29) is 18.1 Å². The van der Waals surface area contributed by atoms with E-state index in [1.807, 2.05) is 13.0 Å². The van der Waals surface area contributed by atoms with E-state index in [9.17, 15) is 17.6 Å². The van der Waals surface area contributed by atoms with Crippen LogP contribution in [0.2, 0.25) is 0 Å². The van der Waals surface area contributed by atoms with Crippen molar-refractivity contribution in [1.29, 1.82) is 0 Å². The summed E-state index contributed by atoms with van der Waals surface area (Å²) in [6.07, 6.45) is -2.52. The molecular formula is C27H22F4N6O. The lowest BCUT2D eigenvalue weighted by Crippen LogP contribution is -2.17. The van der Waals surface area contributed by atoms with Gasteiger partial charge in [0.2, 0.25) is 0 Å². The molecule has 5 rings (SSSR count). The van der Waals surface area contributed by atoms with Crippen molar-refractivity contribution in [3.63, 3.8) is 0 Å². The smallest absolute Gasteiger partial charge is 0.406 e. The van der Waals surface area contributed by atoms with E-state index >= 15 is 0 Å². The molecule has 7 nitrogen and oxygen atoms in total. The van der Waals surface area contributed by atoms with E-state index in [2.05, 4.69) is 30.1 Å². The van der Waals surface area contributed by atoms with Crippen LogP contribution in [0.1, 0.15) is 16.8 Å². The van der Waals surface area contributed by atoms with Crippen LogP contribution in [0.15, 0.2) is 72.9 Å². The average Bonchev–Trinajstić information content (AvgIpc) is 3.24. The summed E-state index contributed by atoms with van der Waals surface area (Å²) >= 11 is 0. The first kappa shape index (κ1) is 25.1. The van der Waals surface area contributed by atoms with E-state index in [0.29, 0.717) is 47.2 Å². The molecule has 0 aliphatic rings. The minimum absolute atomic E-state index is 0.198. The number of nitrogens with one attached hydrogen (secondary N) is 1. The van der Waals surface area contributed by atoms with Gasteiger partial charge in [0, 0.05) is 30.1 Å². The molecule has 11 heteroatoms. The van der Waals surface area contributed by atoms with Gasteiger partial charge >= 0.3 is 6.36 Å². The highest BCUT2D eigenvalue weighted by atomic mass is 19.4. The highest BCUT2D eigenvalue weighted by molar-refractivity contribution is 5.89. The minimum atomic E-state index is -4.72. The molecule has 0 atom stereocenters. The lowest BCUT2D eigenvalue weighted by atomic mass is 10.1. The lowest BCUT2D eigenvalue weighted by molar-refractivity contribution is -0.274. The second-order valence-electron chi connectivity index (χ2n) is 8.56. The number of pyridine rings is 1. The van der Waals surface area contributed by atoms with Gasteiger partial charge in [-0.05, 0) is 49.2 Å². The molecule has 0 aliphatic carbocycles. The number of benzene rings is 2. The molecule has 38 heavy (non-hydrogen) atoms. The average molecular weight is 523 g/mol. The zero-order valence-electron chi connectivity index (χ0n) is 20.2. The number of nitrogens with zero attached hydrogens (tertiary/aromatic N) is 5. The van der Waals surface area contributed by atoms with Gasteiger partial charge in [-0.2, -0.15) is 5.10 Å². The van der Waals surface area contributed by atoms with E-state index in [1.54, 1.807) is 53.3 Å². The third kappa shape index (κ3) is 5.88. The Morgan fingerprint density at radius 1 is 0.974 bits per heavy atom. The molecule has 1 N–H and O–H groups in total. The summed E-state index contributed by atoms with van der Waals surface area (Å²) in [5, 5.41) is 8.66. The molecule has 0 saturated heterocycles. The summed E-state index contributed by atoms with van der Waals surface area (Å²) in [5.41, 5.74) is 3.15. The quantitative estimate of drug-likeness (QED) is 0.254. The van der Waals surface area contributed by atoms with Crippen LogP contribution >= 0.6 is 0 Å². The summed E-state index contributed by atoms with van der Waals surface area (Å²) in [6, 6.07) is 17.7. The van der Waals surface area contributed by atoms with Gasteiger partial charge in [0.15, 0.2) is 11.5 Å². The number of fused-ring (bicyclic) bond motifs is 1. The summed E-state index contributed by atoms with van der Waals surface area (Å²) in [7, 11) is 0. The van der Waals surface area contributed by atoms with E-state index < -0.39 is 6.36 Å². The number of aromatic nitrogens is 5. The lowest BCUT2D eigenvalue weighted by Gasteiger charge is -2.10. The summed E-state index contributed by atoms with van der Waals surface area (Å²) in [4.78, 5) is 13.6. The number of hydrogen-bond acceptors (Lipinski definition) is 6. The molecule has 0 amide bonds. The third-order valence-electron chi connectivity index (χ3n) is 5.73. The van der Waals surface area contributed by atoms with Crippen LogP contribution in [-0.4, -0.2) is 37.6 Å². The van der Waals surface area contributed by atoms with E-state index in [1.165, 1.54) is 18.2 Å². The highest BCUT2D eigenvalue weighted by Gasteiger charge is 2.30. The molecule has 0 unspecified atom stereocenters. The predicted octanol–water partition coefficient (Wildman–Crippen LogP) is 5.94. The van der Waals surface area contributed by atoms with Crippen LogP contribution in [-0.2, 0) is 13.0 Å². The monoisotopic (exact) mass is 522 g/mol. The standard InChI is InChI=1S/C27H22F4N6O/c1-17-15-23(32-14-12-18-8-10-20(11-9-18)38-27(29,30)31)35-25(34-17)24-21-6-4-13-33-26(21)37(36-24)16-19-5-2-3-7-22(19)28/h2-11,13,15H,12,14,16H2,1H3,(H,32,34,35). The number of hydrogen-bond donors (Lipinski definition) is 1. The molecule has 3 aromatic heterocycles. The van der Waals surface area contributed by atoms with Crippen LogP contribution in [0.25, 0.3) is 22.6 Å². The second kappa shape index (κ2) is 10.4. The molecular weight excluding hydrogens is 500 g/mol. The molecule has 0 bridgehead atoms. The maximum atomic E-state index is 14.3. The van der Waals surface area contributed by atoms with Crippen molar-refractivity contribution in [3.05, 3.63) is 95.6 Å². The van der Waals surface area contributed by atoms with Crippen molar-refractivity contribution in [2.24, 2.45) is 0 Å². The van der Waals surface area contributed by atoms with Crippen LogP contribution in [0.3, 0.4) is 0 Å². The number of ether oxygens (including phenoxy) is 1. The van der Waals surface area contributed by atoms with Gasteiger partial charge in [0.25, 0.3) is 0 Å². The van der Waals surface area contributed by atoms with Gasteiger partial charge in [0.05, 0.1) is 11.9 Å². The van der Waals surface area contributed by atoms with Crippen molar-refractivity contribution >= 4 is 16.9 Å². The maximum absolute atomic E-state index is 14.3. The Morgan fingerprint density at radius 2 is 1.76 bits per heavy atom. The maximum Gasteiger partial charge on any atom is 0.573 e. The number of alkyl halides is 3. The molecule has 0 spiro atoms. The Hall–Kier alpha value is -4.54. The minimum Gasteiger partial charge on any atom is -0.406 e. The molecule has 0 radical (unpaired) electrons. The van der Waals surface area contributed by atoms with Crippen molar-refractivity contribution in [3.8, 4) is 17.3 Å². The van der Waals surface area contributed by atoms with Gasteiger partial charge < -0.3 is 10.1 Å². The zero-order valence-corrected chi connectivity index (χ0v) is 20.2. The molecule has 3 heterocycles. The fourth-order valence-corrected chi connectivity index (χ4v) is 4.03. The van der Waals surface area contributed by atoms with Crippen LogP contribution < -0.4 is 10.1 Å². The Morgan fingerprint density at radius 3 is 2.53 bits per heavy atom. The zero-order chi connectivity index (χ0) is 26.7. The summed E-state index contributed by atoms with van der Waals surface area (Å²) < 4.78 is 56.9. The van der Waals surface area contributed by atoms with Crippen LogP contribution in [0.4, 0.5) is 23.4 Å². The van der Waals surface area contributed by atoms with E-state index in [4.69, 9.17) is 0 Å². The predicted molar refractivity (Wildman–Crippen MR) is 134 cm³/mol. The Labute approximate surface area is 215 Å². The fourth-order valence-electron chi connectivity index (χ4n) is 4.03. The molecule has 194 valence electrons. The summed E-state index contributed by atoms with van der Waals surface area (Å²) in [6.45, 7) is 2.52. The van der Waals surface area contributed by atoms with Crippen LogP contribution in [0.5, 0.6) is 5.75 Å². The molecule has 2 aromatic carbocycles. The second-order valence-corrected chi connectivity index (χ2v) is 8.56. The first-order valence-corrected chi connectivity index (χ1v) is 11.7. The number of anilines is 1. The SMILES string of the molecule is Cc1cc(NCCc2ccc(OC(F)(F)F)cc2)nc(-c2nn(Cc3ccccc3F)c3ncccc23)n1. The molecule has 0 fully saturated rings. The highest BCUT2D eigenvalue weighted by Crippen LogP contribution is 2.27. The van der Waals surface area contributed by atoms with Gasteiger partial charge in [-0.25, -0.2) is 24.0 Å². The molecule has 0 aliphatic heterocycles. The normalized spacial score (nSPS) is 11.6. The molecule has 5 aromatic rings. The fraction of sp³-hybridized carbons (Fsp3) is 0.185. The third-order valence-corrected chi connectivity index (χ3v) is 5.73. The van der Waals surface area contributed by atoms with Gasteiger partial charge in [-0.1, -0.05) is 30.3 Å². The molecule has 0 saturated carbocycles. The van der Waals surface area contributed by atoms with Crippen molar-refractivity contribution in [2.45, 2.75) is 26.3 Å². The Kier molecular flexibility index (Phi) is 6.91. The van der Waals surface area contributed by atoms with E-state index in [0.717, 1.165) is 10.9 Å². The number of rotatable bonds is 8. The first-order valence-electron chi connectivity index (χ1n) is 11.7. The van der Waals surface area contributed by atoms with Crippen LogP contribution in [0, 0.1) is 12.7 Å². The summed E-state index contributed by atoms with van der Waals surface area (Å²) in [5.74, 6) is 0.382. The largest absolute Gasteiger partial charge is 0.573 e. The van der Waals surface area contributed by atoms with Crippen molar-refractivity contribution in [1.82, 2.24) is 24.7 Å².